The van der Waals surface area contributed by atoms with Gasteiger partial charge in [0.2, 0.25) is 5.91 Å². The smallest absolute Gasteiger partial charge is 0.341 e. The van der Waals surface area contributed by atoms with E-state index in [-0.39, 0.29) is 17.8 Å². The number of aryl methyl sites for hydroxylation is 1. The molecule has 4 aromatic rings. The maximum Gasteiger partial charge on any atom is 0.341 e. The van der Waals surface area contributed by atoms with Crippen LogP contribution in [-0.2, 0) is 22.4 Å². The summed E-state index contributed by atoms with van der Waals surface area (Å²) in [6, 6.07) is 30.2. The fraction of sp³-hybridized carbons (Fsp3) is 0.226. The molecule has 1 atom stereocenters. The maximum absolute atomic E-state index is 14.2. The van der Waals surface area contributed by atoms with Gasteiger partial charge in [0.05, 0.1) is 18.1 Å². The van der Waals surface area contributed by atoms with Crippen LogP contribution in [0.15, 0.2) is 91.0 Å². The molecule has 182 valence electrons. The summed E-state index contributed by atoms with van der Waals surface area (Å²) in [6.45, 7) is 2.10. The van der Waals surface area contributed by atoms with E-state index >= 15 is 0 Å². The number of carbonyl (C=O) groups is 2. The van der Waals surface area contributed by atoms with Crippen LogP contribution in [-0.4, -0.2) is 18.5 Å². The van der Waals surface area contributed by atoms with Crippen molar-refractivity contribution in [2.45, 2.75) is 38.0 Å². The number of rotatable bonds is 8. The zero-order valence-electron chi connectivity index (χ0n) is 20.3. The lowest BCUT2D eigenvalue weighted by Gasteiger charge is -2.28. The molecule has 1 N–H and O–H groups in total. The molecule has 3 aromatic carbocycles. The molecule has 1 aliphatic rings. The Balaban J connectivity index is 1.59. The number of anilines is 1. The van der Waals surface area contributed by atoms with Crippen LogP contribution >= 0.6 is 11.3 Å². The van der Waals surface area contributed by atoms with Crippen molar-refractivity contribution in [1.82, 2.24) is 0 Å². The number of ether oxygens (including phenoxy) is 1. The van der Waals surface area contributed by atoms with Crippen molar-refractivity contribution in [2.75, 3.05) is 11.9 Å². The summed E-state index contributed by atoms with van der Waals surface area (Å²) in [6.07, 6.45) is 2.80. The van der Waals surface area contributed by atoms with Crippen LogP contribution < -0.4 is 5.32 Å². The van der Waals surface area contributed by atoms with Crippen LogP contribution in [0.1, 0.15) is 62.7 Å². The summed E-state index contributed by atoms with van der Waals surface area (Å²) in [5, 5.41) is 3.78. The molecule has 1 heterocycles. The molecule has 1 unspecified atom stereocenters. The third-order valence-corrected chi connectivity index (χ3v) is 7.94. The van der Waals surface area contributed by atoms with Crippen molar-refractivity contribution < 1.29 is 14.3 Å². The summed E-state index contributed by atoms with van der Waals surface area (Å²) in [7, 11) is 0. The summed E-state index contributed by atoms with van der Waals surface area (Å²) < 4.78 is 5.38. The van der Waals surface area contributed by atoms with Gasteiger partial charge in [-0.2, -0.15) is 0 Å². The summed E-state index contributed by atoms with van der Waals surface area (Å²) >= 11 is 1.51. The number of esters is 1. The number of carbonyl (C=O) groups excluding carboxylic acids is 2. The average Bonchev–Trinajstić information content (AvgIpc) is 3.49. The molecule has 0 spiro atoms. The molecule has 4 nitrogen and oxygen atoms in total. The van der Waals surface area contributed by atoms with Gasteiger partial charge in [0.1, 0.15) is 5.00 Å². The molecular weight excluding hydrogens is 466 g/mol. The van der Waals surface area contributed by atoms with Crippen molar-refractivity contribution >= 4 is 28.2 Å². The van der Waals surface area contributed by atoms with E-state index in [2.05, 4.69) is 29.6 Å². The van der Waals surface area contributed by atoms with Crippen LogP contribution in [0.2, 0.25) is 0 Å². The zero-order chi connectivity index (χ0) is 24.9. The van der Waals surface area contributed by atoms with Crippen molar-refractivity contribution in [3.8, 4) is 0 Å². The molecule has 1 aromatic heterocycles. The molecular formula is C31H29NO3S. The highest BCUT2D eigenvalue weighted by atomic mass is 32.1. The molecule has 5 heteroatoms. The maximum atomic E-state index is 14.2. The van der Waals surface area contributed by atoms with Crippen LogP contribution in [0.4, 0.5) is 5.00 Å². The normalized spacial score (nSPS) is 13.3. The van der Waals surface area contributed by atoms with E-state index in [4.69, 9.17) is 4.74 Å². The molecule has 0 bridgehead atoms. The van der Waals surface area contributed by atoms with Crippen molar-refractivity contribution in [2.24, 2.45) is 0 Å². The predicted octanol–water partition coefficient (Wildman–Crippen LogP) is 6.97. The van der Waals surface area contributed by atoms with Gasteiger partial charge in [0.25, 0.3) is 0 Å². The molecule has 36 heavy (non-hydrogen) atoms. The van der Waals surface area contributed by atoms with Gasteiger partial charge >= 0.3 is 5.97 Å². The summed E-state index contributed by atoms with van der Waals surface area (Å²) in [5.41, 5.74) is 4.62. The van der Waals surface area contributed by atoms with Gasteiger partial charge in [-0.15, -0.1) is 11.3 Å². The second-order valence-electron chi connectivity index (χ2n) is 8.96. The van der Waals surface area contributed by atoms with Crippen molar-refractivity contribution in [3.05, 3.63) is 124 Å². The first-order valence-electron chi connectivity index (χ1n) is 12.4. The minimum absolute atomic E-state index is 0.135. The fourth-order valence-electron chi connectivity index (χ4n) is 5.15. The Morgan fingerprint density at radius 2 is 1.39 bits per heavy atom. The van der Waals surface area contributed by atoms with E-state index in [1.54, 1.807) is 6.92 Å². The van der Waals surface area contributed by atoms with Gasteiger partial charge in [-0.3, -0.25) is 4.79 Å². The van der Waals surface area contributed by atoms with E-state index in [0.29, 0.717) is 17.2 Å². The predicted molar refractivity (Wildman–Crippen MR) is 145 cm³/mol. The fourth-order valence-corrected chi connectivity index (χ4v) is 6.44. The first kappa shape index (κ1) is 24.0. The highest BCUT2D eigenvalue weighted by molar-refractivity contribution is 7.17. The SMILES string of the molecule is CCOC(=O)c1c(NC(=O)C(c2ccccc2)C(c2ccccc2)c2ccccc2)sc2c1CCC2. The lowest BCUT2D eigenvalue weighted by Crippen LogP contribution is -2.28. The van der Waals surface area contributed by atoms with E-state index in [0.717, 1.165) is 41.5 Å². The van der Waals surface area contributed by atoms with Gasteiger partial charge in [-0.05, 0) is 48.4 Å². The van der Waals surface area contributed by atoms with Crippen molar-refractivity contribution in [3.63, 3.8) is 0 Å². The monoisotopic (exact) mass is 495 g/mol. The lowest BCUT2D eigenvalue weighted by atomic mass is 9.76. The Morgan fingerprint density at radius 1 is 0.833 bits per heavy atom. The number of amides is 1. The molecule has 0 saturated carbocycles. The number of nitrogens with one attached hydrogen (secondary N) is 1. The number of benzene rings is 3. The van der Waals surface area contributed by atoms with Crippen molar-refractivity contribution in [1.29, 1.82) is 0 Å². The van der Waals surface area contributed by atoms with Gasteiger partial charge in [0.15, 0.2) is 0 Å². The molecule has 5 rings (SSSR count). The molecule has 0 radical (unpaired) electrons. The van der Waals surface area contributed by atoms with Gasteiger partial charge in [-0.1, -0.05) is 91.0 Å². The van der Waals surface area contributed by atoms with E-state index in [9.17, 15) is 9.59 Å². The second kappa shape index (κ2) is 10.9. The first-order chi connectivity index (χ1) is 17.7. The van der Waals surface area contributed by atoms with Crippen LogP contribution in [0, 0.1) is 0 Å². The highest BCUT2D eigenvalue weighted by Gasteiger charge is 2.35. The molecule has 0 saturated heterocycles. The standard InChI is InChI=1S/C31H29NO3S/c1-2-35-31(34)28-24-19-12-20-25(24)36-30(28)32-29(33)27(23-17-10-5-11-18-23)26(21-13-6-3-7-14-21)22-15-8-4-9-16-22/h3-11,13-18,26-27H,2,12,19-20H2,1H3,(H,32,33). The second-order valence-corrected chi connectivity index (χ2v) is 10.1. The number of fused-ring (bicyclic) bond motifs is 1. The largest absolute Gasteiger partial charge is 0.462 e. The topological polar surface area (TPSA) is 55.4 Å². The lowest BCUT2D eigenvalue weighted by molar-refractivity contribution is -0.117. The summed E-state index contributed by atoms with van der Waals surface area (Å²) in [4.78, 5) is 28.3. The Hall–Kier alpha value is -3.70. The van der Waals surface area contributed by atoms with Crippen LogP contribution in [0.5, 0.6) is 0 Å². The summed E-state index contributed by atoms with van der Waals surface area (Å²) in [5.74, 6) is -1.19. The van der Waals surface area contributed by atoms with E-state index in [1.807, 2.05) is 66.7 Å². The van der Waals surface area contributed by atoms with E-state index in [1.165, 1.54) is 16.2 Å². The number of hydrogen-bond acceptors (Lipinski definition) is 4. The molecule has 0 fully saturated rings. The number of thiophene rings is 1. The zero-order valence-corrected chi connectivity index (χ0v) is 21.1. The Morgan fingerprint density at radius 3 is 1.94 bits per heavy atom. The van der Waals surface area contributed by atoms with Gasteiger partial charge in [-0.25, -0.2) is 4.79 Å². The molecule has 1 amide bonds. The average molecular weight is 496 g/mol. The minimum atomic E-state index is -0.497. The Labute approximate surface area is 216 Å². The number of hydrogen-bond donors (Lipinski definition) is 1. The van der Waals surface area contributed by atoms with E-state index < -0.39 is 5.92 Å². The minimum Gasteiger partial charge on any atom is -0.462 e. The third kappa shape index (κ3) is 4.84. The highest BCUT2D eigenvalue weighted by Crippen LogP contribution is 2.43. The quantitative estimate of drug-likeness (QED) is 0.269. The Bertz CT molecular complexity index is 1290. The third-order valence-electron chi connectivity index (χ3n) is 6.73. The van der Waals surface area contributed by atoms with Gasteiger partial charge in [0, 0.05) is 10.8 Å². The molecule has 1 aliphatic carbocycles. The molecule has 0 aliphatic heterocycles. The van der Waals surface area contributed by atoms with Crippen LogP contribution in [0.25, 0.3) is 0 Å². The van der Waals surface area contributed by atoms with Gasteiger partial charge < -0.3 is 10.1 Å². The first-order valence-corrected chi connectivity index (χ1v) is 13.3. The Kier molecular flexibility index (Phi) is 7.28. The van der Waals surface area contributed by atoms with Crippen LogP contribution in [0.3, 0.4) is 0 Å².